The number of rotatable bonds is 4. The maximum atomic E-state index is 12.5. The van der Waals surface area contributed by atoms with Crippen molar-refractivity contribution in [1.29, 1.82) is 0 Å². The average molecular weight is 345 g/mol. The Balaban J connectivity index is 1.51. The van der Waals surface area contributed by atoms with Gasteiger partial charge in [0.15, 0.2) is 6.10 Å². The first-order valence-corrected chi connectivity index (χ1v) is 8.59. The molecule has 0 aromatic heterocycles. The van der Waals surface area contributed by atoms with E-state index in [0.717, 1.165) is 31.5 Å². The third-order valence-electron chi connectivity index (χ3n) is 4.76. The van der Waals surface area contributed by atoms with Crippen LogP contribution in [-0.4, -0.2) is 61.5 Å². The van der Waals surface area contributed by atoms with Gasteiger partial charge < -0.3 is 15.4 Å². The van der Waals surface area contributed by atoms with Crippen LogP contribution in [0, 0.1) is 0 Å². The summed E-state index contributed by atoms with van der Waals surface area (Å²) in [4.78, 5) is 38.0. The normalized spacial score (nSPS) is 21.2. The van der Waals surface area contributed by atoms with Gasteiger partial charge in [-0.05, 0) is 24.5 Å². The smallest absolute Gasteiger partial charge is 0.339 e. The third-order valence-corrected chi connectivity index (χ3v) is 4.76. The van der Waals surface area contributed by atoms with Crippen molar-refractivity contribution in [2.45, 2.75) is 31.4 Å². The van der Waals surface area contributed by atoms with Crippen LogP contribution < -0.4 is 10.6 Å². The summed E-state index contributed by atoms with van der Waals surface area (Å²) in [6.07, 6.45) is 1.19. The summed E-state index contributed by atoms with van der Waals surface area (Å²) >= 11 is 0. The Kier molecular flexibility index (Phi) is 5.33. The number of likely N-dealkylation sites (N-methyl/N-ethyl adjacent to an activating group) is 1. The van der Waals surface area contributed by atoms with Gasteiger partial charge in [0, 0.05) is 32.6 Å². The van der Waals surface area contributed by atoms with Crippen LogP contribution in [0.3, 0.4) is 0 Å². The molecule has 2 aliphatic heterocycles. The SMILES string of the molecule is CNC(=O)CN1CCC(NC(=O)[C@H]2Cc3ccccc3C(=O)O2)CC1. The highest BCUT2D eigenvalue weighted by atomic mass is 16.5. The molecule has 2 N–H and O–H groups in total. The molecular formula is C18H23N3O4. The molecule has 1 aromatic rings. The van der Waals surface area contributed by atoms with E-state index in [1.807, 2.05) is 12.1 Å². The van der Waals surface area contributed by atoms with Gasteiger partial charge in [-0.2, -0.15) is 0 Å². The molecule has 0 unspecified atom stereocenters. The summed E-state index contributed by atoms with van der Waals surface area (Å²) in [5.74, 6) is -0.690. The number of carbonyl (C=O) groups is 3. The lowest BCUT2D eigenvalue weighted by Gasteiger charge is -2.33. The number of piperidine rings is 1. The van der Waals surface area contributed by atoms with E-state index in [1.165, 1.54) is 0 Å². The predicted octanol–water partition coefficient (Wildman–Crippen LogP) is 0.0947. The largest absolute Gasteiger partial charge is 0.448 e. The van der Waals surface area contributed by atoms with Gasteiger partial charge in [-0.1, -0.05) is 18.2 Å². The van der Waals surface area contributed by atoms with Gasteiger partial charge in [0.1, 0.15) is 0 Å². The first-order chi connectivity index (χ1) is 12.1. The maximum absolute atomic E-state index is 12.5. The zero-order chi connectivity index (χ0) is 17.8. The molecule has 7 nitrogen and oxygen atoms in total. The van der Waals surface area contributed by atoms with Crippen LogP contribution in [0.2, 0.25) is 0 Å². The molecule has 0 radical (unpaired) electrons. The fourth-order valence-electron chi connectivity index (χ4n) is 3.29. The van der Waals surface area contributed by atoms with Gasteiger partial charge in [-0.15, -0.1) is 0 Å². The summed E-state index contributed by atoms with van der Waals surface area (Å²) < 4.78 is 5.29. The van der Waals surface area contributed by atoms with E-state index in [1.54, 1.807) is 19.2 Å². The molecule has 1 atom stereocenters. The van der Waals surface area contributed by atoms with Crippen molar-refractivity contribution in [3.8, 4) is 0 Å². The molecule has 1 saturated heterocycles. The monoisotopic (exact) mass is 345 g/mol. The van der Waals surface area contributed by atoms with E-state index in [9.17, 15) is 14.4 Å². The first kappa shape index (κ1) is 17.4. The van der Waals surface area contributed by atoms with Crippen molar-refractivity contribution in [1.82, 2.24) is 15.5 Å². The molecular weight excluding hydrogens is 322 g/mol. The molecule has 7 heteroatoms. The summed E-state index contributed by atoms with van der Waals surface area (Å²) in [7, 11) is 1.62. The summed E-state index contributed by atoms with van der Waals surface area (Å²) in [6, 6.07) is 7.26. The van der Waals surface area contributed by atoms with Crippen molar-refractivity contribution < 1.29 is 19.1 Å². The van der Waals surface area contributed by atoms with Gasteiger partial charge in [-0.25, -0.2) is 4.79 Å². The van der Waals surface area contributed by atoms with Gasteiger partial charge in [0.2, 0.25) is 5.91 Å². The van der Waals surface area contributed by atoms with E-state index in [4.69, 9.17) is 4.74 Å². The quantitative estimate of drug-likeness (QED) is 0.756. The minimum Gasteiger partial charge on any atom is -0.448 e. The molecule has 1 fully saturated rings. The Morgan fingerprint density at radius 2 is 1.96 bits per heavy atom. The molecule has 0 aliphatic carbocycles. The average Bonchev–Trinajstić information content (AvgIpc) is 2.63. The van der Waals surface area contributed by atoms with Crippen LogP contribution in [0.4, 0.5) is 0 Å². The summed E-state index contributed by atoms with van der Waals surface area (Å²) in [6.45, 7) is 1.89. The fourth-order valence-corrected chi connectivity index (χ4v) is 3.29. The number of carbonyl (C=O) groups excluding carboxylic acids is 3. The number of hydrogen-bond donors (Lipinski definition) is 2. The van der Waals surface area contributed by atoms with Gasteiger partial charge in [0.25, 0.3) is 5.91 Å². The number of nitrogens with zero attached hydrogens (tertiary/aromatic N) is 1. The third kappa shape index (κ3) is 4.17. The number of amides is 2. The number of fused-ring (bicyclic) bond motifs is 1. The van der Waals surface area contributed by atoms with Gasteiger partial charge in [0.05, 0.1) is 12.1 Å². The minimum absolute atomic E-state index is 0.00438. The van der Waals surface area contributed by atoms with Gasteiger partial charge >= 0.3 is 5.97 Å². The van der Waals surface area contributed by atoms with Crippen LogP contribution in [0.15, 0.2) is 24.3 Å². The van der Waals surface area contributed by atoms with Crippen molar-refractivity contribution >= 4 is 17.8 Å². The van der Waals surface area contributed by atoms with Crippen molar-refractivity contribution in [3.05, 3.63) is 35.4 Å². The predicted molar refractivity (Wildman–Crippen MR) is 91.0 cm³/mol. The zero-order valence-corrected chi connectivity index (χ0v) is 14.3. The molecule has 0 spiro atoms. The molecule has 134 valence electrons. The Hall–Kier alpha value is -2.41. The fraction of sp³-hybridized carbons (Fsp3) is 0.500. The molecule has 2 heterocycles. The zero-order valence-electron chi connectivity index (χ0n) is 14.3. The van der Waals surface area contributed by atoms with E-state index < -0.39 is 12.1 Å². The molecule has 2 aliphatic rings. The lowest BCUT2D eigenvalue weighted by Crippen LogP contribution is -2.50. The number of hydrogen-bond acceptors (Lipinski definition) is 5. The Morgan fingerprint density at radius 3 is 2.68 bits per heavy atom. The number of likely N-dealkylation sites (tertiary alicyclic amines) is 1. The van der Waals surface area contributed by atoms with Crippen molar-refractivity contribution in [2.24, 2.45) is 0 Å². The first-order valence-electron chi connectivity index (χ1n) is 8.59. The lowest BCUT2D eigenvalue weighted by atomic mass is 9.97. The summed E-state index contributed by atoms with van der Waals surface area (Å²) in [5, 5.41) is 5.60. The highest BCUT2D eigenvalue weighted by Gasteiger charge is 2.32. The Labute approximate surface area is 146 Å². The number of benzene rings is 1. The highest BCUT2D eigenvalue weighted by Crippen LogP contribution is 2.21. The second kappa shape index (κ2) is 7.65. The molecule has 3 rings (SSSR count). The van der Waals surface area contributed by atoms with Crippen LogP contribution >= 0.6 is 0 Å². The highest BCUT2D eigenvalue weighted by molar-refractivity contribution is 5.95. The molecule has 2 amide bonds. The number of esters is 1. The van der Waals surface area contributed by atoms with E-state index >= 15 is 0 Å². The van der Waals surface area contributed by atoms with Crippen molar-refractivity contribution in [3.63, 3.8) is 0 Å². The van der Waals surface area contributed by atoms with Crippen LogP contribution in [0.25, 0.3) is 0 Å². The second-order valence-corrected chi connectivity index (χ2v) is 6.49. The lowest BCUT2D eigenvalue weighted by molar-refractivity contribution is -0.131. The topological polar surface area (TPSA) is 87.7 Å². The summed E-state index contributed by atoms with van der Waals surface area (Å²) in [5.41, 5.74) is 1.38. The van der Waals surface area contributed by atoms with E-state index in [-0.39, 0.29) is 17.9 Å². The molecule has 0 bridgehead atoms. The standard InChI is InChI=1S/C18H23N3O4/c1-19-16(22)11-21-8-6-13(7-9-21)20-17(23)15-10-12-4-2-3-5-14(12)18(24)25-15/h2-5,13,15H,6-11H2,1H3,(H,19,22)(H,20,23)/t15-/m1/s1. The minimum atomic E-state index is -0.772. The Morgan fingerprint density at radius 1 is 1.24 bits per heavy atom. The number of nitrogens with one attached hydrogen (secondary N) is 2. The molecule has 25 heavy (non-hydrogen) atoms. The van der Waals surface area contributed by atoms with Gasteiger partial charge in [-0.3, -0.25) is 14.5 Å². The maximum Gasteiger partial charge on any atom is 0.339 e. The second-order valence-electron chi connectivity index (χ2n) is 6.49. The Bertz CT molecular complexity index is 668. The van der Waals surface area contributed by atoms with E-state index in [2.05, 4.69) is 15.5 Å². The van der Waals surface area contributed by atoms with E-state index in [0.29, 0.717) is 18.5 Å². The van der Waals surface area contributed by atoms with Crippen LogP contribution in [0.1, 0.15) is 28.8 Å². The van der Waals surface area contributed by atoms with Crippen LogP contribution in [0.5, 0.6) is 0 Å². The van der Waals surface area contributed by atoms with Crippen molar-refractivity contribution in [2.75, 3.05) is 26.7 Å². The molecule has 1 aromatic carbocycles. The number of cyclic esters (lactones) is 1. The number of ether oxygens (including phenoxy) is 1. The molecule has 0 saturated carbocycles. The van der Waals surface area contributed by atoms with Crippen LogP contribution in [-0.2, 0) is 20.7 Å².